The zero-order chi connectivity index (χ0) is 12.7. The Hall–Kier alpha value is -0.830. The number of ketones is 1. The smallest absolute Gasteiger partial charge is 0.143 e. The standard InChI is InChI=1S/C14H21NOS/c1-4-5-13(16)10-17-14-7-12(6-11(2)3)8-15-9-14/h7-9,11H,4-6,10H2,1-3H3. The number of hydrogen-bond donors (Lipinski definition) is 0. The van der Waals surface area contributed by atoms with Crippen molar-refractivity contribution in [2.24, 2.45) is 5.92 Å². The van der Waals surface area contributed by atoms with Gasteiger partial charge in [0.1, 0.15) is 5.78 Å². The molecule has 0 spiro atoms. The maximum Gasteiger partial charge on any atom is 0.143 e. The first-order chi connectivity index (χ1) is 8.11. The molecule has 0 saturated carbocycles. The second-order valence-corrected chi connectivity index (χ2v) is 5.75. The van der Waals surface area contributed by atoms with E-state index < -0.39 is 0 Å². The van der Waals surface area contributed by atoms with Crippen molar-refractivity contribution in [3.05, 3.63) is 24.0 Å². The van der Waals surface area contributed by atoms with Gasteiger partial charge in [0, 0.05) is 23.7 Å². The molecule has 0 aliphatic carbocycles. The van der Waals surface area contributed by atoms with Crippen LogP contribution in [0, 0.1) is 5.92 Å². The van der Waals surface area contributed by atoms with Gasteiger partial charge in [0.25, 0.3) is 0 Å². The third-order valence-electron chi connectivity index (χ3n) is 2.34. The molecule has 0 bridgehead atoms. The quantitative estimate of drug-likeness (QED) is 0.691. The van der Waals surface area contributed by atoms with E-state index >= 15 is 0 Å². The van der Waals surface area contributed by atoms with Crippen molar-refractivity contribution in [1.29, 1.82) is 0 Å². The SMILES string of the molecule is CCCC(=O)CSc1cncc(CC(C)C)c1. The predicted octanol–water partition coefficient (Wildman–Crippen LogP) is 3.74. The van der Waals surface area contributed by atoms with Crippen LogP contribution < -0.4 is 0 Å². The fourth-order valence-electron chi connectivity index (χ4n) is 1.64. The van der Waals surface area contributed by atoms with Crippen LogP contribution in [0.15, 0.2) is 23.4 Å². The molecule has 1 aromatic rings. The maximum absolute atomic E-state index is 11.4. The summed E-state index contributed by atoms with van der Waals surface area (Å²) >= 11 is 1.60. The fourth-order valence-corrected chi connectivity index (χ4v) is 2.48. The number of pyridine rings is 1. The summed E-state index contributed by atoms with van der Waals surface area (Å²) in [5.41, 5.74) is 1.26. The molecule has 0 amide bonds. The Bertz CT molecular complexity index is 363. The molecule has 0 saturated heterocycles. The van der Waals surface area contributed by atoms with Gasteiger partial charge in [-0.15, -0.1) is 11.8 Å². The summed E-state index contributed by atoms with van der Waals surface area (Å²) in [5, 5.41) is 0. The number of Topliss-reactive ketones (excluding diaryl/α,β-unsaturated/α-hetero) is 1. The molecule has 0 radical (unpaired) electrons. The van der Waals surface area contributed by atoms with Gasteiger partial charge >= 0.3 is 0 Å². The number of thioether (sulfide) groups is 1. The van der Waals surface area contributed by atoms with Gasteiger partial charge in [-0.3, -0.25) is 9.78 Å². The lowest BCUT2D eigenvalue weighted by molar-refractivity contribution is -0.116. The van der Waals surface area contributed by atoms with Gasteiger partial charge in [-0.25, -0.2) is 0 Å². The van der Waals surface area contributed by atoms with Crippen molar-refractivity contribution in [3.63, 3.8) is 0 Å². The average molecular weight is 251 g/mol. The Labute approximate surface area is 108 Å². The van der Waals surface area contributed by atoms with Crippen LogP contribution >= 0.6 is 11.8 Å². The van der Waals surface area contributed by atoms with E-state index in [1.165, 1.54) is 5.56 Å². The molecule has 17 heavy (non-hydrogen) atoms. The lowest BCUT2D eigenvalue weighted by atomic mass is 10.1. The molecule has 0 fully saturated rings. The molecule has 0 aliphatic heterocycles. The van der Waals surface area contributed by atoms with E-state index in [-0.39, 0.29) is 0 Å². The summed E-state index contributed by atoms with van der Waals surface area (Å²) in [6, 6.07) is 2.15. The highest BCUT2D eigenvalue weighted by Crippen LogP contribution is 2.19. The minimum atomic E-state index is 0.326. The van der Waals surface area contributed by atoms with E-state index in [0.717, 1.165) is 17.7 Å². The molecule has 1 aromatic heterocycles. The number of hydrogen-bond acceptors (Lipinski definition) is 3. The van der Waals surface area contributed by atoms with Crippen molar-refractivity contribution < 1.29 is 4.79 Å². The van der Waals surface area contributed by atoms with Crippen LogP contribution in [0.5, 0.6) is 0 Å². The molecule has 94 valence electrons. The first kappa shape index (κ1) is 14.2. The molecule has 1 heterocycles. The molecule has 1 rings (SSSR count). The zero-order valence-electron chi connectivity index (χ0n) is 10.9. The Morgan fingerprint density at radius 2 is 2.18 bits per heavy atom. The molecule has 0 atom stereocenters. The van der Waals surface area contributed by atoms with Crippen molar-refractivity contribution in [1.82, 2.24) is 4.98 Å². The van der Waals surface area contributed by atoms with Gasteiger partial charge in [0.15, 0.2) is 0 Å². The molecule has 0 aliphatic rings. The Morgan fingerprint density at radius 1 is 1.41 bits per heavy atom. The number of aromatic nitrogens is 1. The number of carbonyl (C=O) groups is 1. The van der Waals surface area contributed by atoms with Crippen LogP contribution in [0.25, 0.3) is 0 Å². The number of nitrogens with zero attached hydrogens (tertiary/aromatic N) is 1. The van der Waals surface area contributed by atoms with E-state index in [1.54, 1.807) is 11.8 Å². The second-order valence-electron chi connectivity index (χ2n) is 4.70. The van der Waals surface area contributed by atoms with Crippen LogP contribution in [0.3, 0.4) is 0 Å². The van der Waals surface area contributed by atoms with Crippen molar-refractivity contribution >= 4 is 17.5 Å². The number of carbonyl (C=O) groups excluding carboxylic acids is 1. The fraction of sp³-hybridized carbons (Fsp3) is 0.571. The average Bonchev–Trinajstić information content (AvgIpc) is 2.26. The van der Waals surface area contributed by atoms with Gasteiger partial charge in [0.2, 0.25) is 0 Å². The second kappa shape index (κ2) is 7.49. The zero-order valence-corrected chi connectivity index (χ0v) is 11.7. The van der Waals surface area contributed by atoms with E-state index in [2.05, 4.69) is 24.9 Å². The molecule has 0 N–H and O–H groups in total. The summed E-state index contributed by atoms with van der Waals surface area (Å²) in [5.74, 6) is 1.53. The van der Waals surface area contributed by atoms with Gasteiger partial charge in [-0.2, -0.15) is 0 Å². The molecular weight excluding hydrogens is 230 g/mol. The van der Waals surface area contributed by atoms with Crippen molar-refractivity contribution in [2.45, 2.75) is 44.9 Å². The third kappa shape index (κ3) is 5.87. The van der Waals surface area contributed by atoms with Crippen LogP contribution in [0.2, 0.25) is 0 Å². The Morgan fingerprint density at radius 3 is 2.82 bits per heavy atom. The predicted molar refractivity (Wildman–Crippen MR) is 73.4 cm³/mol. The Kier molecular flexibility index (Phi) is 6.27. The summed E-state index contributed by atoms with van der Waals surface area (Å²) in [6.45, 7) is 6.43. The maximum atomic E-state index is 11.4. The van der Waals surface area contributed by atoms with Crippen molar-refractivity contribution in [2.75, 3.05) is 5.75 Å². The minimum Gasteiger partial charge on any atom is -0.299 e. The normalized spacial score (nSPS) is 10.8. The number of rotatable bonds is 7. The molecule has 2 nitrogen and oxygen atoms in total. The highest BCUT2D eigenvalue weighted by molar-refractivity contribution is 8.00. The highest BCUT2D eigenvalue weighted by Gasteiger charge is 2.04. The van der Waals surface area contributed by atoms with Gasteiger partial charge in [-0.05, 0) is 30.4 Å². The largest absolute Gasteiger partial charge is 0.299 e. The summed E-state index contributed by atoms with van der Waals surface area (Å²) in [6.07, 6.45) is 6.42. The first-order valence-corrected chi connectivity index (χ1v) is 7.18. The van der Waals surface area contributed by atoms with E-state index in [0.29, 0.717) is 23.9 Å². The first-order valence-electron chi connectivity index (χ1n) is 6.20. The molecular formula is C14H21NOS. The summed E-state index contributed by atoms with van der Waals surface area (Å²) in [4.78, 5) is 16.8. The highest BCUT2D eigenvalue weighted by atomic mass is 32.2. The monoisotopic (exact) mass is 251 g/mol. The topological polar surface area (TPSA) is 30.0 Å². The Balaban J connectivity index is 2.51. The third-order valence-corrected chi connectivity index (χ3v) is 3.37. The van der Waals surface area contributed by atoms with Gasteiger partial charge in [0.05, 0.1) is 5.75 Å². The molecule has 0 unspecified atom stereocenters. The van der Waals surface area contributed by atoms with Crippen LogP contribution in [0.4, 0.5) is 0 Å². The van der Waals surface area contributed by atoms with E-state index in [1.807, 2.05) is 19.3 Å². The summed E-state index contributed by atoms with van der Waals surface area (Å²) in [7, 11) is 0. The van der Waals surface area contributed by atoms with Crippen molar-refractivity contribution in [3.8, 4) is 0 Å². The van der Waals surface area contributed by atoms with E-state index in [4.69, 9.17) is 0 Å². The minimum absolute atomic E-state index is 0.326. The molecule has 0 aromatic carbocycles. The van der Waals surface area contributed by atoms with Gasteiger partial charge < -0.3 is 0 Å². The van der Waals surface area contributed by atoms with Crippen LogP contribution in [-0.4, -0.2) is 16.5 Å². The summed E-state index contributed by atoms with van der Waals surface area (Å²) < 4.78 is 0. The lowest BCUT2D eigenvalue weighted by Gasteiger charge is -2.06. The van der Waals surface area contributed by atoms with Gasteiger partial charge in [-0.1, -0.05) is 20.8 Å². The van der Waals surface area contributed by atoms with Crippen LogP contribution in [0.1, 0.15) is 39.2 Å². The van der Waals surface area contributed by atoms with E-state index in [9.17, 15) is 4.79 Å². The lowest BCUT2D eigenvalue weighted by Crippen LogP contribution is -2.00. The van der Waals surface area contributed by atoms with Crippen LogP contribution in [-0.2, 0) is 11.2 Å². The molecule has 3 heteroatoms.